The Bertz CT molecular complexity index is 233. The number of carbonyl (C=O) groups excluding carboxylic acids is 1. The summed E-state index contributed by atoms with van der Waals surface area (Å²) in [6.07, 6.45) is -0.0283. The lowest BCUT2D eigenvalue weighted by molar-refractivity contribution is -0.137. The maximum atomic E-state index is 11.4. The average Bonchev–Trinajstić information content (AvgIpc) is 2.08. The highest BCUT2D eigenvalue weighted by Crippen LogP contribution is 2.10. The summed E-state index contributed by atoms with van der Waals surface area (Å²) < 4.78 is 0. The van der Waals surface area contributed by atoms with Crippen molar-refractivity contribution in [3.05, 3.63) is 0 Å². The Kier molecular flexibility index (Phi) is 5.11. The van der Waals surface area contributed by atoms with Crippen molar-refractivity contribution in [2.24, 2.45) is 5.41 Å². The Morgan fingerprint density at radius 2 is 1.87 bits per heavy atom. The highest BCUT2D eigenvalue weighted by molar-refractivity contribution is 5.75. The number of aliphatic carboxylic acids is 1. The zero-order chi connectivity index (χ0) is 12.1. The van der Waals surface area contributed by atoms with Gasteiger partial charge in [0, 0.05) is 20.1 Å². The lowest BCUT2D eigenvalue weighted by Crippen LogP contribution is -2.41. The molecule has 0 aromatic heterocycles. The summed E-state index contributed by atoms with van der Waals surface area (Å²) in [5.74, 6) is -0.898. The first kappa shape index (κ1) is 13.7. The van der Waals surface area contributed by atoms with Gasteiger partial charge in [0.2, 0.25) is 0 Å². The van der Waals surface area contributed by atoms with E-state index in [9.17, 15) is 9.59 Å². The molecular formula is C10H20N2O3. The smallest absolute Gasteiger partial charge is 0.317 e. The highest BCUT2D eigenvalue weighted by atomic mass is 16.4. The fourth-order valence-electron chi connectivity index (χ4n) is 0.841. The van der Waals surface area contributed by atoms with Crippen molar-refractivity contribution in [2.45, 2.75) is 27.2 Å². The first-order valence-electron chi connectivity index (χ1n) is 4.93. The van der Waals surface area contributed by atoms with Crippen molar-refractivity contribution in [3.63, 3.8) is 0 Å². The molecule has 0 rings (SSSR count). The topological polar surface area (TPSA) is 69.6 Å². The number of carboxylic acids is 1. The Morgan fingerprint density at radius 1 is 1.33 bits per heavy atom. The summed E-state index contributed by atoms with van der Waals surface area (Å²) in [4.78, 5) is 23.1. The summed E-state index contributed by atoms with van der Waals surface area (Å²) in [7, 11) is 1.58. The van der Waals surface area contributed by atoms with E-state index in [1.807, 2.05) is 20.8 Å². The summed E-state index contributed by atoms with van der Waals surface area (Å²) >= 11 is 0. The molecule has 2 N–H and O–H groups in total. The van der Waals surface area contributed by atoms with Gasteiger partial charge in [-0.3, -0.25) is 4.79 Å². The molecule has 0 aromatic carbocycles. The molecular weight excluding hydrogens is 196 g/mol. The Balaban J connectivity index is 3.84. The second-order valence-electron chi connectivity index (χ2n) is 4.78. The highest BCUT2D eigenvalue weighted by Gasteiger charge is 2.14. The number of hydrogen-bond acceptors (Lipinski definition) is 2. The SMILES string of the molecule is CN(CCC(=O)O)C(=O)NCC(C)(C)C. The number of urea groups is 1. The van der Waals surface area contributed by atoms with E-state index in [1.54, 1.807) is 7.05 Å². The first-order chi connectivity index (χ1) is 6.72. The van der Waals surface area contributed by atoms with E-state index in [0.29, 0.717) is 6.54 Å². The molecule has 0 fully saturated rings. The molecule has 2 amide bonds. The molecule has 0 bridgehead atoms. The minimum Gasteiger partial charge on any atom is -0.481 e. The van der Waals surface area contributed by atoms with E-state index in [0.717, 1.165) is 0 Å². The van der Waals surface area contributed by atoms with Gasteiger partial charge < -0.3 is 15.3 Å². The average molecular weight is 216 g/mol. The molecule has 0 unspecified atom stereocenters. The molecule has 0 atom stereocenters. The van der Waals surface area contributed by atoms with Crippen LogP contribution in [0.2, 0.25) is 0 Å². The van der Waals surface area contributed by atoms with E-state index in [-0.39, 0.29) is 24.4 Å². The van der Waals surface area contributed by atoms with E-state index >= 15 is 0 Å². The molecule has 0 radical (unpaired) electrons. The standard InChI is InChI=1S/C10H20N2O3/c1-10(2,3)7-11-9(15)12(4)6-5-8(13)14/h5-7H2,1-4H3,(H,11,15)(H,13,14). The largest absolute Gasteiger partial charge is 0.481 e. The van der Waals surface area contributed by atoms with Crippen molar-refractivity contribution >= 4 is 12.0 Å². The van der Waals surface area contributed by atoms with Crippen molar-refractivity contribution in [1.82, 2.24) is 10.2 Å². The summed E-state index contributed by atoms with van der Waals surface area (Å²) in [5, 5.41) is 11.2. The first-order valence-corrected chi connectivity index (χ1v) is 4.93. The molecule has 5 nitrogen and oxygen atoms in total. The second-order valence-corrected chi connectivity index (χ2v) is 4.78. The van der Waals surface area contributed by atoms with E-state index in [2.05, 4.69) is 5.32 Å². The van der Waals surface area contributed by atoms with E-state index < -0.39 is 5.97 Å². The minimum absolute atomic E-state index is 0.0283. The lowest BCUT2D eigenvalue weighted by atomic mass is 9.97. The van der Waals surface area contributed by atoms with Crippen LogP contribution in [0.15, 0.2) is 0 Å². The van der Waals surface area contributed by atoms with Gasteiger partial charge in [0.05, 0.1) is 6.42 Å². The van der Waals surface area contributed by atoms with Crippen LogP contribution in [-0.4, -0.2) is 42.1 Å². The Morgan fingerprint density at radius 3 is 2.27 bits per heavy atom. The molecule has 5 heteroatoms. The third-order valence-electron chi connectivity index (χ3n) is 1.78. The van der Waals surface area contributed by atoms with Crippen molar-refractivity contribution < 1.29 is 14.7 Å². The molecule has 0 spiro atoms. The van der Waals surface area contributed by atoms with Crippen LogP contribution < -0.4 is 5.32 Å². The summed E-state index contributed by atoms with van der Waals surface area (Å²) in [5.41, 5.74) is 0.0310. The minimum atomic E-state index is -0.898. The fourth-order valence-corrected chi connectivity index (χ4v) is 0.841. The molecule has 88 valence electrons. The fraction of sp³-hybridized carbons (Fsp3) is 0.800. The van der Waals surface area contributed by atoms with E-state index in [1.165, 1.54) is 4.90 Å². The maximum Gasteiger partial charge on any atom is 0.317 e. The number of rotatable bonds is 4. The van der Waals surface area contributed by atoms with Crippen LogP contribution in [0, 0.1) is 5.41 Å². The summed E-state index contributed by atoms with van der Waals surface area (Å²) in [6, 6.07) is -0.230. The predicted octanol–water partition coefficient (Wildman–Crippen LogP) is 1.15. The normalized spacial score (nSPS) is 10.9. The zero-order valence-corrected chi connectivity index (χ0v) is 9.83. The third-order valence-corrected chi connectivity index (χ3v) is 1.78. The Labute approximate surface area is 90.5 Å². The number of carbonyl (C=O) groups is 2. The van der Waals surface area contributed by atoms with Crippen LogP contribution in [0.25, 0.3) is 0 Å². The van der Waals surface area contributed by atoms with Gasteiger partial charge in [0.25, 0.3) is 0 Å². The number of nitrogens with one attached hydrogen (secondary N) is 1. The molecule has 0 saturated carbocycles. The van der Waals surface area contributed by atoms with Crippen LogP contribution in [-0.2, 0) is 4.79 Å². The molecule has 0 aliphatic carbocycles. The summed E-state index contributed by atoms with van der Waals surface area (Å²) in [6.45, 7) is 6.86. The van der Waals surface area contributed by atoms with Gasteiger partial charge >= 0.3 is 12.0 Å². The molecule has 0 aliphatic rings. The van der Waals surface area contributed by atoms with Gasteiger partial charge in [-0.25, -0.2) is 4.79 Å². The maximum absolute atomic E-state index is 11.4. The molecule has 0 aromatic rings. The van der Waals surface area contributed by atoms with Crippen molar-refractivity contribution in [1.29, 1.82) is 0 Å². The van der Waals surface area contributed by atoms with Gasteiger partial charge in [0.1, 0.15) is 0 Å². The number of hydrogen-bond donors (Lipinski definition) is 2. The lowest BCUT2D eigenvalue weighted by Gasteiger charge is -2.22. The molecule has 0 saturated heterocycles. The van der Waals surface area contributed by atoms with Crippen molar-refractivity contribution in [2.75, 3.05) is 20.1 Å². The zero-order valence-electron chi connectivity index (χ0n) is 9.83. The van der Waals surface area contributed by atoms with Crippen LogP contribution >= 0.6 is 0 Å². The van der Waals surface area contributed by atoms with Crippen LogP contribution in [0.5, 0.6) is 0 Å². The van der Waals surface area contributed by atoms with Crippen molar-refractivity contribution in [3.8, 4) is 0 Å². The van der Waals surface area contributed by atoms with Gasteiger partial charge in [0.15, 0.2) is 0 Å². The van der Waals surface area contributed by atoms with Gasteiger partial charge in [-0.15, -0.1) is 0 Å². The quantitative estimate of drug-likeness (QED) is 0.740. The predicted molar refractivity (Wildman–Crippen MR) is 57.7 cm³/mol. The monoisotopic (exact) mass is 216 g/mol. The number of carboxylic acid groups (broad SMARTS) is 1. The van der Waals surface area contributed by atoms with Crippen LogP contribution in [0.4, 0.5) is 4.79 Å². The van der Waals surface area contributed by atoms with Crippen LogP contribution in [0.3, 0.4) is 0 Å². The van der Waals surface area contributed by atoms with Gasteiger partial charge in [-0.2, -0.15) is 0 Å². The number of amides is 2. The third kappa shape index (κ3) is 7.78. The number of nitrogens with zero attached hydrogens (tertiary/aromatic N) is 1. The second kappa shape index (κ2) is 5.58. The Hall–Kier alpha value is -1.26. The van der Waals surface area contributed by atoms with E-state index in [4.69, 9.17) is 5.11 Å². The molecule has 15 heavy (non-hydrogen) atoms. The molecule has 0 heterocycles. The molecule has 0 aliphatic heterocycles. The van der Waals surface area contributed by atoms with Crippen LogP contribution in [0.1, 0.15) is 27.2 Å². The van der Waals surface area contributed by atoms with Gasteiger partial charge in [-0.1, -0.05) is 20.8 Å². The van der Waals surface area contributed by atoms with Gasteiger partial charge in [-0.05, 0) is 5.41 Å².